The molecular formula is C17H19N5O2S. The van der Waals surface area contributed by atoms with Gasteiger partial charge in [-0.15, -0.1) is 0 Å². The zero-order valence-electron chi connectivity index (χ0n) is 13.9. The summed E-state index contributed by atoms with van der Waals surface area (Å²) in [6.07, 6.45) is 3.73. The van der Waals surface area contributed by atoms with Crippen LogP contribution in [0.15, 0.2) is 30.6 Å². The van der Waals surface area contributed by atoms with E-state index in [9.17, 15) is 0 Å². The summed E-state index contributed by atoms with van der Waals surface area (Å²) in [6.45, 7) is 3.35. The summed E-state index contributed by atoms with van der Waals surface area (Å²) in [5, 5.41) is 3.33. The lowest BCUT2D eigenvalue weighted by Crippen LogP contribution is -2.07. The molecule has 0 amide bonds. The van der Waals surface area contributed by atoms with E-state index in [-0.39, 0.29) is 6.23 Å². The molecule has 1 atom stereocenters. The molecule has 4 rings (SSSR count). The van der Waals surface area contributed by atoms with Crippen molar-refractivity contribution in [2.75, 3.05) is 18.5 Å². The number of hydrogen-bond donors (Lipinski definition) is 2. The maximum Gasteiger partial charge on any atom is 0.200 e. The van der Waals surface area contributed by atoms with Crippen LogP contribution in [0.2, 0.25) is 0 Å². The average Bonchev–Trinajstić information content (AvgIpc) is 3.24. The lowest BCUT2D eigenvalue weighted by atomic mass is 10.3. The normalized spacial score (nSPS) is 17.1. The van der Waals surface area contributed by atoms with Gasteiger partial charge in [0, 0.05) is 18.4 Å². The second-order valence-corrected chi connectivity index (χ2v) is 6.18. The highest BCUT2D eigenvalue weighted by Crippen LogP contribution is 2.29. The molecular weight excluding hydrogens is 338 g/mol. The van der Waals surface area contributed by atoms with Crippen LogP contribution in [0.25, 0.3) is 11.2 Å². The average molecular weight is 357 g/mol. The van der Waals surface area contributed by atoms with Gasteiger partial charge in [0.15, 0.2) is 10.4 Å². The SMILES string of the molecule is CCOc1cccc(Nc2[nH]c(=S)nc3c2ncn3C2CCCO2)c1. The molecule has 1 aliphatic rings. The number of H-pyrrole nitrogens is 1. The monoisotopic (exact) mass is 357 g/mol. The Labute approximate surface area is 150 Å². The molecule has 25 heavy (non-hydrogen) atoms. The first-order chi connectivity index (χ1) is 12.2. The summed E-state index contributed by atoms with van der Waals surface area (Å²) >= 11 is 5.30. The van der Waals surface area contributed by atoms with Gasteiger partial charge in [-0.25, -0.2) is 4.98 Å². The van der Waals surface area contributed by atoms with Gasteiger partial charge in [0.2, 0.25) is 0 Å². The predicted molar refractivity (Wildman–Crippen MR) is 97.8 cm³/mol. The van der Waals surface area contributed by atoms with E-state index in [1.165, 1.54) is 0 Å². The number of benzene rings is 1. The van der Waals surface area contributed by atoms with Gasteiger partial charge in [-0.1, -0.05) is 6.07 Å². The van der Waals surface area contributed by atoms with E-state index in [2.05, 4.69) is 20.3 Å². The van der Waals surface area contributed by atoms with Crippen LogP contribution in [0.1, 0.15) is 26.0 Å². The third-order valence-corrected chi connectivity index (χ3v) is 4.27. The van der Waals surface area contributed by atoms with Crippen molar-refractivity contribution in [1.82, 2.24) is 19.5 Å². The summed E-state index contributed by atoms with van der Waals surface area (Å²) < 4.78 is 13.6. The highest BCUT2D eigenvalue weighted by molar-refractivity contribution is 7.71. The Kier molecular flexibility index (Phi) is 4.37. The van der Waals surface area contributed by atoms with E-state index in [1.54, 1.807) is 6.33 Å². The number of ether oxygens (including phenoxy) is 2. The molecule has 1 aliphatic heterocycles. The molecule has 3 aromatic rings. The zero-order chi connectivity index (χ0) is 17.2. The van der Waals surface area contributed by atoms with Gasteiger partial charge in [0.25, 0.3) is 0 Å². The molecule has 7 nitrogen and oxygen atoms in total. The number of imidazole rings is 1. The number of nitrogens with zero attached hydrogens (tertiary/aromatic N) is 3. The Morgan fingerprint density at radius 1 is 1.48 bits per heavy atom. The van der Waals surface area contributed by atoms with Crippen molar-refractivity contribution in [2.45, 2.75) is 26.0 Å². The summed E-state index contributed by atoms with van der Waals surface area (Å²) in [7, 11) is 0. The van der Waals surface area contributed by atoms with Crippen molar-refractivity contribution in [3.63, 3.8) is 0 Å². The van der Waals surface area contributed by atoms with E-state index in [1.807, 2.05) is 35.8 Å². The second-order valence-electron chi connectivity index (χ2n) is 5.79. The number of aromatic nitrogens is 4. The maximum atomic E-state index is 5.75. The van der Waals surface area contributed by atoms with Crippen LogP contribution in [-0.2, 0) is 4.74 Å². The fraction of sp³-hybridized carbons (Fsp3) is 0.353. The van der Waals surface area contributed by atoms with Gasteiger partial charge in [0.1, 0.15) is 23.3 Å². The number of hydrogen-bond acceptors (Lipinski definition) is 6. The molecule has 0 bridgehead atoms. The van der Waals surface area contributed by atoms with Crippen molar-refractivity contribution >= 4 is 34.9 Å². The van der Waals surface area contributed by atoms with Crippen molar-refractivity contribution in [1.29, 1.82) is 0 Å². The van der Waals surface area contributed by atoms with E-state index in [0.29, 0.717) is 17.2 Å². The summed E-state index contributed by atoms with van der Waals surface area (Å²) in [5.41, 5.74) is 2.33. The van der Waals surface area contributed by atoms with Gasteiger partial charge in [0.05, 0.1) is 12.9 Å². The van der Waals surface area contributed by atoms with Crippen molar-refractivity contribution in [3.05, 3.63) is 35.4 Å². The number of anilines is 2. The summed E-state index contributed by atoms with van der Waals surface area (Å²) in [4.78, 5) is 12.0. The van der Waals surface area contributed by atoms with Gasteiger partial charge < -0.3 is 19.8 Å². The first-order valence-electron chi connectivity index (χ1n) is 8.33. The Hall–Kier alpha value is -2.45. The Morgan fingerprint density at radius 3 is 3.20 bits per heavy atom. The number of aromatic amines is 1. The molecule has 1 fully saturated rings. The molecule has 8 heteroatoms. The topological polar surface area (TPSA) is 77.0 Å². The summed E-state index contributed by atoms with van der Waals surface area (Å²) in [5.74, 6) is 1.52. The minimum absolute atomic E-state index is 0.0246. The molecule has 130 valence electrons. The Balaban J connectivity index is 1.72. The fourth-order valence-electron chi connectivity index (χ4n) is 2.99. The molecule has 2 N–H and O–H groups in total. The van der Waals surface area contributed by atoms with Crippen LogP contribution in [0.5, 0.6) is 5.75 Å². The largest absolute Gasteiger partial charge is 0.494 e. The maximum absolute atomic E-state index is 5.75. The van der Waals surface area contributed by atoms with E-state index in [0.717, 1.165) is 42.0 Å². The molecule has 0 radical (unpaired) electrons. The number of nitrogens with one attached hydrogen (secondary N) is 2. The quantitative estimate of drug-likeness (QED) is 0.674. The molecule has 1 unspecified atom stereocenters. The van der Waals surface area contributed by atoms with Crippen LogP contribution in [-0.4, -0.2) is 32.7 Å². The minimum Gasteiger partial charge on any atom is -0.494 e. The van der Waals surface area contributed by atoms with Crippen LogP contribution >= 0.6 is 12.2 Å². The standard InChI is InChI=1S/C17H19N5O2S/c1-2-23-12-6-3-5-11(9-12)19-15-14-16(21-17(25)20-15)22(10-18-14)13-7-4-8-24-13/h3,5-6,9-10,13H,2,4,7-8H2,1H3,(H2,19,20,21,25). The van der Waals surface area contributed by atoms with Crippen molar-refractivity contribution in [2.24, 2.45) is 0 Å². The molecule has 0 aliphatic carbocycles. The third kappa shape index (κ3) is 3.22. The second kappa shape index (κ2) is 6.81. The first-order valence-corrected chi connectivity index (χ1v) is 8.74. The third-order valence-electron chi connectivity index (χ3n) is 4.07. The van der Waals surface area contributed by atoms with Crippen molar-refractivity contribution < 1.29 is 9.47 Å². The molecule has 0 spiro atoms. The lowest BCUT2D eigenvalue weighted by Gasteiger charge is -2.12. The summed E-state index contributed by atoms with van der Waals surface area (Å²) in [6, 6.07) is 7.75. The fourth-order valence-corrected chi connectivity index (χ4v) is 3.18. The Morgan fingerprint density at radius 2 is 2.40 bits per heavy atom. The van der Waals surface area contributed by atoms with E-state index >= 15 is 0 Å². The lowest BCUT2D eigenvalue weighted by molar-refractivity contribution is 0.0593. The highest BCUT2D eigenvalue weighted by atomic mass is 32.1. The number of rotatable bonds is 5. The molecule has 1 aromatic carbocycles. The minimum atomic E-state index is -0.0246. The zero-order valence-corrected chi connectivity index (χ0v) is 14.7. The van der Waals surface area contributed by atoms with Crippen molar-refractivity contribution in [3.8, 4) is 5.75 Å². The predicted octanol–water partition coefficient (Wildman–Crippen LogP) is 3.94. The molecule has 0 saturated carbocycles. The van der Waals surface area contributed by atoms with E-state index < -0.39 is 0 Å². The van der Waals surface area contributed by atoms with Gasteiger partial charge in [-0.2, -0.15) is 4.98 Å². The number of fused-ring (bicyclic) bond motifs is 1. The van der Waals surface area contributed by atoms with Gasteiger partial charge in [-0.05, 0) is 44.1 Å². The van der Waals surface area contributed by atoms with Crippen LogP contribution in [0, 0.1) is 4.77 Å². The highest BCUT2D eigenvalue weighted by Gasteiger charge is 2.21. The molecule has 2 aromatic heterocycles. The first kappa shape index (κ1) is 16.0. The Bertz CT molecular complexity index is 946. The van der Waals surface area contributed by atoms with Gasteiger partial charge in [-0.3, -0.25) is 4.57 Å². The van der Waals surface area contributed by atoms with Gasteiger partial charge >= 0.3 is 0 Å². The molecule has 3 heterocycles. The molecule has 1 saturated heterocycles. The smallest absolute Gasteiger partial charge is 0.200 e. The van der Waals surface area contributed by atoms with Crippen LogP contribution < -0.4 is 10.1 Å². The van der Waals surface area contributed by atoms with Crippen LogP contribution in [0.4, 0.5) is 11.5 Å². The van der Waals surface area contributed by atoms with E-state index in [4.69, 9.17) is 21.7 Å². The van der Waals surface area contributed by atoms with Crippen LogP contribution in [0.3, 0.4) is 0 Å².